The summed E-state index contributed by atoms with van der Waals surface area (Å²) in [6, 6.07) is 2.03. The Balaban J connectivity index is 1.94. The number of nitrogens with one attached hydrogen (secondary N) is 2. The molecule has 1 atom stereocenters. The second-order valence-electron chi connectivity index (χ2n) is 5.26. The molecule has 1 fully saturated rings. The van der Waals surface area contributed by atoms with Gasteiger partial charge in [-0.15, -0.1) is 0 Å². The Labute approximate surface area is 115 Å². The summed E-state index contributed by atoms with van der Waals surface area (Å²) in [6.07, 6.45) is 2.53. The van der Waals surface area contributed by atoms with E-state index in [9.17, 15) is 0 Å². The number of hydrogen-bond donors (Lipinski definition) is 2. The average Bonchev–Trinajstić information content (AvgIpc) is 2.88. The number of nitrogens with zero attached hydrogens (tertiary/aromatic N) is 3. The van der Waals surface area contributed by atoms with Crippen LogP contribution in [0.5, 0.6) is 0 Å². The van der Waals surface area contributed by atoms with Gasteiger partial charge in [0.1, 0.15) is 17.5 Å². The van der Waals surface area contributed by atoms with Gasteiger partial charge >= 0.3 is 0 Å². The van der Waals surface area contributed by atoms with Crippen LogP contribution in [0.15, 0.2) is 6.07 Å². The van der Waals surface area contributed by atoms with Crippen molar-refractivity contribution in [2.45, 2.75) is 26.7 Å². The van der Waals surface area contributed by atoms with Crippen molar-refractivity contribution in [1.29, 1.82) is 0 Å². The minimum atomic E-state index is 0.818. The first kappa shape index (κ1) is 14.1. The lowest BCUT2D eigenvalue weighted by atomic mass is 10.1. The Morgan fingerprint density at radius 3 is 3.00 bits per heavy atom. The van der Waals surface area contributed by atoms with Crippen LogP contribution in [0.4, 0.5) is 11.6 Å². The van der Waals surface area contributed by atoms with Crippen molar-refractivity contribution in [3.8, 4) is 0 Å². The Morgan fingerprint density at radius 1 is 1.47 bits per heavy atom. The molecule has 1 aliphatic rings. The average molecular weight is 263 g/mol. The number of hydrogen-bond acceptors (Lipinski definition) is 5. The molecule has 2 rings (SSSR count). The van der Waals surface area contributed by atoms with E-state index in [1.165, 1.54) is 25.9 Å². The van der Waals surface area contributed by atoms with Crippen LogP contribution in [-0.4, -0.2) is 43.2 Å². The lowest BCUT2D eigenvalue weighted by Crippen LogP contribution is -2.23. The lowest BCUT2D eigenvalue weighted by molar-refractivity contribution is 0.532. The van der Waals surface area contributed by atoms with Gasteiger partial charge in [-0.25, -0.2) is 9.97 Å². The van der Waals surface area contributed by atoms with Crippen molar-refractivity contribution in [3.05, 3.63) is 11.9 Å². The molecule has 0 amide bonds. The van der Waals surface area contributed by atoms with Crippen molar-refractivity contribution in [2.24, 2.45) is 5.92 Å². The van der Waals surface area contributed by atoms with Crippen LogP contribution in [0.1, 0.15) is 25.6 Å². The first-order valence-electron chi connectivity index (χ1n) is 7.20. The maximum absolute atomic E-state index is 4.52. The third-order valence-corrected chi connectivity index (χ3v) is 3.61. The zero-order valence-corrected chi connectivity index (χ0v) is 12.2. The van der Waals surface area contributed by atoms with E-state index < -0.39 is 0 Å². The molecule has 2 heterocycles. The quantitative estimate of drug-likeness (QED) is 0.817. The maximum atomic E-state index is 4.52. The van der Waals surface area contributed by atoms with Crippen molar-refractivity contribution in [2.75, 3.05) is 43.4 Å². The van der Waals surface area contributed by atoms with Crippen LogP contribution in [-0.2, 0) is 0 Å². The van der Waals surface area contributed by atoms with E-state index in [1.807, 2.05) is 13.0 Å². The molecule has 1 aliphatic heterocycles. The molecule has 5 nitrogen and oxygen atoms in total. The van der Waals surface area contributed by atoms with Crippen LogP contribution in [0, 0.1) is 12.8 Å². The van der Waals surface area contributed by atoms with E-state index in [0.717, 1.165) is 36.5 Å². The highest BCUT2D eigenvalue weighted by molar-refractivity contribution is 5.48. The van der Waals surface area contributed by atoms with Crippen LogP contribution < -0.4 is 15.5 Å². The second kappa shape index (κ2) is 6.70. The fourth-order valence-electron chi connectivity index (χ4n) is 2.47. The van der Waals surface area contributed by atoms with Gasteiger partial charge in [-0.3, -0.25) is 0 Å². The summed E-state index contributed by atoms with van der Waals surface area (Å²) in [4.78, 5) is 11.1. The summed E-state index contributed by atoms with van der Waals surface area (Å²) in [5.74, 6) is 3.57. The molecule has 5 heteroatoms. The van der Waals surface area contributed by atoms with E-state index in [4.69, 9.17) is 0 Å². The number of aryl methyl sites for hydroxylation is 1. The molecule has 2 N–H and O–H groups in total. The molecule has 0 radical (unpaired) electrons. The van der Waals surface area contributed by atoms with Gasteiger partial charge in [0.15, 0.2) is 0 Å². The first-order valence-corrected chi connectivity index (χ1v) is 7.20. The third kappa shape index (κ3) is 4.06. The van der Waals surface area contributed by atoms with E-state index in [0.29, 0.717) is 0 Å². The zero-order chi connectivity index (χ0) is 13.7. The highest BCUT2D eigenvalue weighted by Crippen LogP contribution is 2.17. The Kier molecular flexibility index (Phi) is 4.96. The third-order valence-electron chi connectivity index (χ3n) is 3.61. The van der Waals surface area contributed by atoms with Gasteiger partial charge in [-0.2, -0.15) is 0 Å². The second-order valence-corrected chi connectivity index (χ2v) is 5.26. The van der Waals surface area contributed by atoms with Gasteiger partial charge in [0.2, 0.25) is 0 Å². The number of rotatable bonds is 6. The predicted octanol–water partition coefficient (Wildman–Crippen LogP) is 1.65. The fraction of sp³-hybridized carbons (Fsp3) is 0.714. The summed E-state index contributed by atoms with van der Waals surface area (Å²) >= 11 is 0. The van der Waals surface area contributed by atoms with Gasteiger partial charge in [0.25, 0.3) is 0 Å². The molecule has 19 heavy (non-hydrogen) atoms. The molecular weight excluding hydrogens is 238 g/mol. The molecule has 0 aromatic carbocycles. The van der Waals surface area contributed by atoms with Crippen LogP contribution in [0.2, 0.25) is 0 Å². The summed E-state index contributed by atoms with van der Waals surface area (Å²) in [5, 5.41) is 6.67. The number of anilines is 2. The number of aromatic nitrogens is 2. The van der Waals surface area contributed by atoms with Crippen LogP contribution in [0.25, 0.3) is 0 Å². The van der Waals surface area contributed by atoms with E-state index in [-0.39, 0.29) is 0 Å². The molecule has 106 valence electrons. The summed E-state index contributed by atoms with van der Waals surface area (Å²) in [5.41, 5.74) is 0. The van der Waals surface area contributed by atoms with Gasteiger partial charge < -0.3 is 15.5 Å². The van der Waals surface area contributed by atoms with E-state index in [1.54, 1.807) is 0 Å². The molecule has 1 aromatic rings. The molecule has 0 aliphatic carbocycles. The minimum Gasteiger partial charge on any atom is -0.370 e. The van der Waals surface area contributed by atoms with Gasteiger partial charge in [-0.05, 0) is 45.7 Å². The van der Waals surface area contributed by atoms with E-state index in [2.05, 4.69) is 39.5 Å². The fourth-order valence-corrected chi connectivity index (χ4v) is 2.47. The monoisotopic (exact) mass is 263 g/mol. The minimum absolute atomic E-state index is 0.818. The normalized spacial score (nSPS) is 18.6. The highest BCUT2D eigenvalue weighted by atomic mass is 15.2. The van der Waals surface area contributed by atoms with Crippen molar-refractivity contribution < 1.29 is 0 Å². The van der Waals surface area contributed by atoms with Crippen molar-refractivity contribution in [3.63, 3.8) is 0 Å². The molecule has 0 saturated carbocycles. The van der Waals surface area contributed by atoms with Gasteiger partial charge in [0.05, 0.1) is 0 Å². The molecule has 1 aromatic heterocycles. The SMILES string of the molecule is CCNc1cc(N(C)CCC2CCNC2)nc(C)n1. The Hall–Kier alpha value is -1.36. The molecule has 1 unspecified atom stereocenters. The lowest BCUT2D eigenvalue weighted by Gasteiger charge is -2.21. The zero-order valence-electron chi connectivity index (χ0n) is 12.2. The van der Waals surface area contributed by atoms with Crippen LogP contribution in [0.3, 0.4) is 0 Å². The molecule has 1 saturated heterocycles. The van der Waals surface area contributed by atoms with Crippen LogP contribution >= 0.6 is 0 Å². The standard InChI is InChI=1S/C14H25N5/c1-4-16-13-9-14(18-11(2)17-13)19(3)8-6-12-5-7-15-10-12/h9,12,15H,4-8,10H2,1-3H3,(H,16,17,18). The highest BCUT2D eigenvalue weighted by Gasteiger charge is 2.15. The van der Waals surface area contributed by atoms with E-state index >= 15 is 0 Å². The largest absolute Gasteiger partial charge is 0.370 e. The Bertz CT molecular complexity index is 401. The smallest absolute Gasteiger partial charge is 0.134 e. The first-order chi connectivity index (χ1) is 9.19. The molecular formula is C14H25N5. The topological polar surface area (TPSA) is 53.1 Å². The summed E-state index contributed by atoms with van der Waals surface area (Å²) in [6.45, 7) is 8.29. The maximum Gasteiger partial charge on any atom is 0.134 e. The molecule has 0 bridgehead atoms. The Morgan fingerprint density at radius 2 is 2.32 bits per heavy atom. The van der Waals surface area contributed by atoms with Gasteiger partial charge in [-0.1, -0.05) is 0 Å². The predicted molar refractivity (Wildman–Crippen MR) is 79.8 cm³/mol. The van der Waals surface area contributed by atoms with Crippen molar-refractivity contribution in [1.82, 2.24) is 15.3 Å². The van der Waals surface area contributed by atoms with Crippen molar-refractivity contribution >= 4 is 11.6 Å². The van der Waals surface area contributed by atoms with Gasteiger partial charge in [0, 0.05) is 26.2 Å². The molecule has 0 spiro atoms. The summed E-state index contributed by atoms with van der Waals surface area (Å²) in [7, 11) is 2.11. The summed E-state index contributed by atoms with van der Waals surface area (Å²) < 4.78 is 0.